The Morgan fingerprint density at radius 3 is 1.81 bits per heavy atom. The van der Waals surface area contributed by atoms with Gasteiger partial charge in [-0.05, 0) is 6.07 Å². The number of furan rings is 1. The topological polar surface area (TPSA) is 51.8 Å². The number of hydrogen-bond acceptors (Lipinski definition) is 4. The minimum absolute atomic E-state index is 0.0975. The zero-order valence-corrected chi connectivity index (χ0v) is 29.5. The first kappa shape index (κ1) is 29.4. The molecule has 8 aromatic carbocycles. The van der Waals surface area contributed by atoms with E-state index in [1.54, 1.807) is 0 Å². The van der Waals surface area contributed by atoms with E-state index in [0.29, 0.717) is 17.5 Å². The van der Waals surface area contributed by atoms with Gasteiger partial charge in [-0.2, -0.15) is 0 Å². The summed E-state index contributed by atoms with van der Waals surface area (Å²) in [5.41, 5.74) is 6.95. The van der Waals surface area contributed by atoms with Crippen LogP contribution in [0, 0.1) is 0 Å². The number of nitrogens with zero attached hydrogens (tertiary/aromatic N) is 3. The zero-order valence-electron chi connectivity index (χ0n) is 27.7. The van der Waals surface area contributed by atoms with Crippen molar-refractivity contribution in [2.24, 2.45) is 0 Å². The second-order valence-electron chi connectivity index (χ2n) is 13.2. The van der Waals surface area contributed by atoms with E-state index in [1.165, 1.54) is 52.0 Å². The molecule has 4 nitrogen and oxygen atoms in total. The van der Waals surface area contributed by atoms with Crippen LogP contribution in [-0.2, 0) is 0 Å². The van der Waals surface area contributed by atoms with Gasteiger partial charge < -0.3 is 0 Å². The van der Waals surface area contributed by atoms with Crippen molar-refractivity contribution in [1.29, 1.82) is 0 Å². The van der Waals surface area contributed by atoms with Gasteiger partial charge in [0.05, 0.1) is 0 Å². The molecule has 11 aromatic rings. The molecule has 11 rings (SSSR count). The van der Waals surface area contributed by atoms with Crippen molar-refractivity contribution in [3.63, 3.8) is 0 Å². The van der Waals surface area contributed by atoms with E-state index in [0.717, 1.165) is 38.6 Å². The van der Waals surface area contributed by atoms with Crippen molar-refractivity contribution in [3.05, 3.63) is 164 Å². The van der Waals surface area contributed by atoms with E-state index in [-0.39, 0.29) is 14.5 Å². The molecule has 0 aliphatic rings. The molecule has 52 heavy (non-hydrogen) atoms. The van der Waals surface area contributed by atoms with Crippen molar-refractivity contribution in [2.45, 2.75) is 0 Å². The first-order chi connectivity index (χ1) is 25.7. The van der Waals surface area contributed by atoms with Crippen LogP contribution in [-0.4, -0.2) is 29.5 Å². The van der Waals surface area contributed by atoms with Gasteiger partial charge in [0.2, 0.25) is 0 Å². The summed E-state index contributed by atoms with van der Waals surface area (Å²) in [5.74, 6) is 1.91. The van der Waals surface area contributed by atoms with Crippen LogP contribution in [0.25, 0.3) is 108 Å². The maximum absolute atomic E-state index is 6.15. The monoisotopic (exact) mass is 729 g/mol. The van der Waals surface area contributed by atoms with Gasteiger partial charge in [-0.15, -0.1) is 0 Å². The summed E-state index contributed by atoms with van der Waals surface area (Å²) in [6, 6.07) is 57.8. The molecular weight excluding hydrogens is 701 g/mol. The summed E-state index contributed by atoms with van der Waals surface area (Å²) < 4.78 is 8.99. The standard InChI is InChI=1S/C47H27N3OSe/c1-3-11-28(12-4-1)37-26-33(27-39-36-23-21-30-20-19-29-13-7-8-16-34(29)42(30)44(36)52-43(37)39)47-49-45(31-14-5-2-6-15-31)48-46(50-47)32-22-24-41-38(25-32)35-17-9-10-18-40(35)51-41/h1-27H. The first-order valence-electron chi connectivity index (χ1n) is 17.3. The molecule has 0 unspecified atom stereocenters. The Morgan fingerprint density at radius 1 is 0.365 bits per heavy atom. The Bertz CT molecular complexity index is 3180. The average molecular weight is 729 g/mol. The van der Waals surface area contributed by atoms with Crippen molar-refractivity contribution < 1.29 is 4.42 Å². The van der Waals surface area contributed by atoms with E-state index in [1.807, 2.05) is 48.5 Å². The molecule has 0 amide bonds. The molecule has 0 radical (unpaired) electrons. The van der Waals surface area contributed by atoms with Gasteiger partial charge in [0.15, 0.2) is 0 Å². The van der Waals surface area contributed by atoms with E-state index in [4.69, 9.17) is 19.4 Å². The third-order valence-electron chi connectivity index (χ3n) is 10.1. The fraction of sp³-hybridized carbons (Fsp3) is 0. The van der Waals surface area contributed by atoms with E-state index < -0.39 is 0 Å². The van der Waals surface area contributed by atoms with Crippen molar-refractivity contribution >= 4 is 77.3 Å². The summed E-state index contributed by atoms with van der Waals surface area (Å²) in [6.07, 6.45) is 0. The zero-order chi connectivity index (χ0) is 34.2. The molecule has 3 heterocycles. The number of benzene rings is 8. The van der Waals surface area contributed by atoms with Crippen LogP contribution >= 0.6 is 0 Å². The van der Waals surface area contributed by atoms with Crippen molar-refractivity contribution in [2.75, 3.05) is 0 Å². The molecule has 3 aromatic heterocycles. The van der Waals surface area contributed by atoms with Crippen LogP contribution in [0.15, 0.2) is 168 Å². The van der Waals surface area contributed by atoms with Gasteiger partial charge in [0.25, 0.3) is 0 Å². The number of para-hydroxylation sites is 1. The fourth-order valence-corrected chi connectivity index (χ4v) is 10.5. The van der Waals surface area contributed by atoms with Crippen LogP contribution in [0.2, 0.25) is 0 Å². The predicted octanol–water partition coefficient (Wildman–Crippen LogP) is 12.1. The summed E-state index contributed by atoms with van der Waals surface area (Å²) in [4.78, 5) is 15.5. The second-order valence-corrected chi connectivity index (χ2v) is 15.3. The number of rotatable bonds is 4. The van der Waals surface area contributed by atoms with E-state index in [9.17, 15) is 0 Å². The van der Waals surface area contributed by atoms with Crippen LogP contribution in [0.4, 0.5) is 0 Å². The molecule has 5 heteroatoms. The SMILES string of the molecule is c1ccc(-c2nc(-c3ccc4oc5ccccc5c4c3)nc(-c3cc(-c4ccccc4)c4[se]c5c(ccc6ccc7ccccc7c65)c4c3)n2)cc1. The summed E-state index contributed by atoms with van der Waals surface area (Å²) in [7, 11) is 0. The van der Waals surface area contributed by atoms with Gasteiger partial charge in [-0.1, -0.05) is 12.1 Å². The van der Waals surface area contributed by atoms with Crippen LogP contribution < -0.4 is 0 Å². The third kappa shape index (κ3) is 4.64. The van der Waals surface area contributed by atoms with Gasteiger partial charge in [-0.3, -0.25) is 0 Å². The normalized spacial score (nSPS) is 11.8. The molecule has 0 saturated heterocycles. The molecule has 0 fully saturated rings. The maximum atomic E-state index is 6.15. The number of hydrogen-bond donors (Lipinski definition) is 0. The second kappa shape index (κ2) is 11.6. The Hall–Kier alpha value is -6.39. The Labute approximate surface area is 304 Å². The van der Waals surface area contributed by atoms with Crippen LogP contribution in [0.5, 0.6) is 0 Å². The van der Waals surface area contributed by atoms with Gasteiger partial charge in [-0.25, -0.2) is 0 Å². The summed E-state index contributed by atoms with van der Waals surface area (Å²) in [6.45, 7) is 0. The fourth-order valence-electron chi connectivity index (χ4n) is 7.60. The third-order valence-corrected chi connectivity index (χ3v) is 12.8. The number of fused-ring (bicyclic) bond motifs is 10. The van der Waals surface area contributed by atoms with E-state index in [2.05, 4.69) is 115 Å². The Kier molecular flexibility index (Phi) is 6.53. The van der Waals surface area contributed by atoms with E-state index >= 15 is 0 Å². The van der Waals surface area contributed by atoms with Gasteiger partial charge in [0.1, 0.15) is 0 Å². The molecule has 0 bridgehead atoms. The Balaban J connectivity index is 1.20. The van der Waals surface area contributed by atoms with Crippen molar-refractivity contribution in [1.82, 2.24) is 15.0 Å². The molecule has 0 aliphatic carbocycles. The molecular formula is C47H27N3OSe. The average Bonchev–Trinajstić information content (AvgIpc) is 3.79. The molecule has 0 aliphatic heterocycles. The minimum atomic E-state index is 0.0975. The van der Waals surface area contributed by atoms with Crippen molar-refractivity contribution in [3.8, 4) is 45.3 Å². The number of aromatic nitrogens is 3. The molecule has 0 spiro atoms. The summed E-state index contributed by atoms with van der Waals surface area (Å²) in [5, 5.41) is 9.90. The Morgan fingerprint density at radius 2 is 0.981 bits per heavy atom. The molecule has 0 N–H and O–H groups in total. The first-order valence-corrected chi connectivity index (χ1v) is 19.1. The van der Waals surface area contributed by atoms with Crippen LogP contribution in [0.3, 0.4) is 0 Å². The van der Waals surface area contributed by atoms with Gasteiger partial charge in [0, 0.05) is 0 Å². The quantitative estimate of drug-likeness (QED) is 0.134. The molecule has 0 atom stereocenters. The molecule has 0 saturated carbocycles. The molecule has 242 valence electrons. The predicted molar refractivity (Wildman–Crippen MR) is 216 cm³/mol. The van der Waals surface area contributed by atoms with Crippen LogP contribution in [0.1, 0.15) is 0 Å². The summed E-state index contributed by atoms with van der Waals surface area (Å²) >= 11 is 0.0975. The van der Waals surface area contributed by atoms with Gasteiger partial charge >= 0.3 is 288 Å².